The zero-order valence-corrected chi connectivity index (χ0v) is 10.4. The van der Waals surface area contributed by atoms with Crippen LogP contribution in [0.5, 0.6) is 0 Å². The molecule has 0 aromatic heterocycles. The first-order chi connectivity index (χ1) is 8.67. The second-order valence-electron chi connectivity index (χ2n) is 4.44. The highest BCUT2D eigenvalue weighted by Crippen LogP contribution is 2.31. The lowest BCUT2D eigenvalue weighted by Gasteiger charge is -2.16. The summed E-state index contributed by atoms with van der Waals surface area (Å²) < 4.78 is 0. The maximum absolute atomic E-state index is 11.8. The Morgan fingerprint density at radius 3 is 3.00 bits per heavy atom. The van der Waals surface area contributed by atoms with Crippen LogP contribution in [0.1, 0.15) is 37.0 Å². The van der Waals surface area contributed by atoms with E-state index in [1.807, 2.05) is 25.1 Å². The quantitative estimate of drug-likeness (QED) is 0.880. The van der Waals surface area contributed by atoms with Gasteiger partial charge in [-0.05, 0) is 23.6 Å². The van der Waals surface area contributed by atoms with Crippen molar-refractivity contribution in [2.24, 2.45) is 0 Å². The van der Waals surface area contributed by atoms with Gasteiger partial charge in [0.1, 0.15) is 0 Å². The fourth-order valence-corrected chi connectivity index (χ4v) is 2.25. The van der Waals surface area contributed by atoms with E-state index in [9.17, 15) is 9.90 Å². The number of aliphatic hydroxyl groups is 1. The van der Waals surface area contributed by atoms with Gasteiger partial charge in [0.15, 0.2) is 0 Å². The highest BCUT2D eigenvalue weighted by molar-refractivity contribution is 6.01. The van der Waals surface area contributed by atoms with Gasteiger partial charge in [-0.25, -0.2) is 0 Å². The maximum atomic E-state index is 11.8. The van der Waals surface area contributed by atoms with Crippen LogP contribution in [0.4, 0.5) is 5.69 Å². The molecular weight excluding hydrogens is 228 g/mol. The van der Waals surface area contributed by atoms with Gasteiger partial charge in [-0.15, -0.1) is 0 Å². The summed E-state index contributed by atoms with van der Waals surface area (Å²) in [7, 11) is 0. The van der Waals surface area contributed by atoms with E-state index in [0.717, 1.165) is 16.8 Å². The topological polar surface area (TPSA) is 64.3 Å². The fraction of sp³-hybridized carbons (Fsp3) is 0.429. The molecule has 0 bridgehead atoms. The number of carbonyl (C=O) groups excluding carboxylic acids is 1. The van der Waals surface area contributed by atoms with E-state index in [2.05, 4.69) is 6.07 Å². The number of nitrogens with zero attached hydrogens (tertiary/aromatic N) is 2. The molecule has 1 aliphatic heterocycles. The minimum atomic E-state index is -0.474. The lowest BCUT2D eigenvalue weighted by Crippen LogP contribution is -2.27. The molecule has 4 nitrogen and oxygen atoms in total. The van der Waals surface area contributed by atoms with Gasteiger partial charge in [0, 0.05) is 12.2 Å². The molecule has 0 saturated carbocycles. The molecule has 0 fully saturated rings. The first-order valence-corrected chi connectivity index (χ1v) is 6.15. The minimum absolute atomic E-state index is 0.0309. The van der Waals surface area contributed by atoms with Crippen molar-refractivity contribution >= 4 is 11.6 Å². The molecule has 0 saturated heterocycles. The molecule has 2 rings (SSSR count). The third-order valence-electron chi connectivity index (χ3n) is 3.26. The summed E-state index contributed by atoms with van der Waals surface area (Å²) in [4.78, 5) is 13.5. The fourth-order valence-electron chi connectivity index (χ4n) is 2.25. The van der Waals surface area contributed by atoms with E-state index in [1.54, 1.807) is 4.90 Å². The second kappa shape index (κ2) is 5.19. The number of hydrogen-bond acceptors (Lipinski definition) is 3. The average molecular weight is 244 g/mol. The van der Waals surface area contributed by atoms with Crippen molar-refractivity contribution < 1.29 is 9.90 Å². The third-order valence-corrected chi connectivity index (χ3v) is 3.26. The first-order valence-electron chi connectivity index (χ1n) is 6.15. The van der Waals surface area contributed by atoms with Crippen molar-refractivity contribution in [1.82, 2.24) is 0 Å². The van der Waals surface area contributed by atoms with Crippen molar-refractivity contribution in [3.05, 3.63) is 29.3 Å². The van der Waals surface area contributed by atoms with Gasteiger partial charge in [-0.1, -0.05) is 19.1 Å². The molecule has 18 heavy (non-hydrogen) atoms. The van der Waals surface area contributed by atoms with Crippen molar-refractivity contribution in [2.45, 2.75) is 32.3 Å². The van der Waals surface area contributed by atoms with E-state index in [-0.39, 0.29) is 5.91 Å². The molecule has 1 aromatic rings. The number of fused-ring (bicyclic) bond motifs is 1. The van der Waals surface area contributed by atoms with E-state index in [4.69, 9.17) is 5.26 Å². The SMILES string of the molecule is CCC(O)c1ccc2c(c1)CC(=O)N2CCC#N. The molecular formula is C14H16N2O2. The summed E-state index contributed by atoms with van der Waals surface area (Å²) in [6, 6.07) is 7.67. The van der Waals surface area contributed by atoms with Gasteiger partial charge in [0.25, 0.3) is 0 Å². The number of benzene rings is 1. The predicted octanol–water partition coefficient (Wildman–Crippen LogP) is 1.93. The number of nitriles is 1. The van der Waals surface area contributed by atoms with Gasteiger partial charge in [-0.3, -0.25) is 4.79 Å². The Morgan fingerprint density at radius 1 is 1.56 bits per heavy atom. The normalized spacial score (nSPS) is 15.4. The average Bonchev–Trinajstić information content (AvgIpc) is 2.70. The van der Waals surface area contributed by atoms with Crippen LogP contribution >= 0.6 is 0 Å². The lowest BCUT2D eigenvalue weighted by molar-refractivity contribution is -0.117. The van der Waals surface area contributed by atoms with E-state index in [1.165, 1.54) is 0 Å². The Labute approximate surface area is 106 Å². The third kappa shape index (κ3) is 2.22. The summed E-state index contributed by atoms with van der Waals surface area (Å²) in [5.74, 6) is 0.0309. The molecule has 4 heteroatoms. The Bertz CT molecular complexity index is 505. The smallest absolute Gasteiger partial charge is 0.231 e. The lowest BCUT2D eigenvalue weighted by atomic mass is 10.0. The molecule has 1 aliphatic rings. The molecule has 1 atom stereocenters. The van der Waals surface area contributed by atoms with Gasteiger partial charge in [0.2, 0.25) is 5.91 Å². The molecule has 0 radical (unpaired) electrons. The highest BCUT2D eigenvalue weighted by Gasteiger charge is 2.27. The molecule has 1 heterocycles. The Morgan fingerprint density at radius 2 is 2.33 bits per heavy atom. The largest absolute Gasteiger partial charge is 0.388 e. The number of anilines is 1. The van der Waals surface area contributed by atoms with Gasteiger partial charge in [-0.2, -0.15) is 5.26 Å². The summed E-state index contributed by atoms with van der Waals surface area (Å²) in [6.07, 6.45) is 0.888. The molecule has 1 amide bonds. The molecule has 0 aliphatic carbocycles. The molecule has 94 valence electrons. The highest BCUT2D eigenvalue weighted by atomic mass is 16.3. The van der Waals surface area contributed by atoms with Gasteiger partial charge >= 0.3 is 0 Å². The Kier molecular flexibility index (Phi) is 3.63. The Hall–Kier alpha value is -1.86. The van der Waals surface area contributed by atoms with Crippen LogP contribution in [-0.4, -0.2) is 17.6 Å². The van der Waals surface area contributed by atoms with Crippen LogP contribution in [0.3, 0.4) is 0 Å². The van der Waals surface area contributed by atoms with Crippen LogP contribution in [0.2, 0.25) is 0 Å². The summed E-state index contributed by atoms with van der Waals surface area (Å²) in [5.41, 5.74) is 2.68. The van der Waals surface area contributed by atoms with Crippen LogP contribution in [0, 0.1) is 11.3 Å². The van der Waals surface area contributed by atoms with Crippen LogP contribution in [0.15, 0.2) is 18.2 Å². The predicted molar refractivity (Wildman–Crippen MR) is 68.0 cm³/mol. The number of amides is 1. The monoisotopic (exact) mass is 244 g/mol. The molecule has 1 unspecified atom stereocenters. The van der Waals surface area contributed by atoms with Crippen molar-refractivity contribution in [3.8, 4) is 6.07 Å². The number of rotatable bonds is 4. The van der Waals surface area contributed by atoms with Crippen LogP contribution in [-0.2, 0) is 11.2 Å². The van der Waals surface area contributed by atoms with Crippen molar-refractivity contribution in [2.75, 3.05) is 11.4 Å². The summed E-state index contributed by atoms with van der Waals surface area (Å²) in [6.45, 7) is 2.36. The van der Waals surface area contributed by atoms with Crippen LogP contribution in [0.25, 0.3) is 0 Å². The maximum Gasteiger partial charge on any atom is 0.231 e. The van der Waals surface area contributed by atoms with Crippen LogP contribution < -0.4 is 4.90 Å². The summed E-state index contributed by atoms with van der Waals surface area (Å²) in [5, 5.41) is 18.4. The second-order valence-corrected chi connectivity index (χ2v) is 4.44. The standard InChI is InChI=1S/C14H16N2O2/c1-2-13(17)10-4-5-12-11(8-10)9-14(18)16(12)7-3-6-15/h4-5,8,13,17H,2-3,7,9H2,1H3. The van der Waals surface area contributed by atoms with E-state index >= 15 is 0 Å². The molecule has 1 aromatic carbocycles. The van der Waals surface area contributed by atoms with E-state index in [0.29, 0.717) is 25.8 Å². The number of carbonyl (C=O) groups is 1. The molecule has 0 spiro atoms. The number of hydrogen-bond donors (Lipinski definition) is 1. The Balaban J connectivity index is 2.27. The van der Waals surface area contributed by atoms with Crippen molar-refractivity contribution in [1.29, 1.82) is 5.26 Å². The zero-order valence-electron chi connectivity index (χ0n) is 10.4. The van der Waals surface area contributed by atoms with Crippen molar-refractivity contribution in [3.63, 3.8) is 0 Å². The minimum Gasteiger partial charge on any atom is -0.388 e. The zero-order chi connectivity index (χ0) is 13.1. The summed E-state index contributed by atoms with van der Waals surface area (Å²) >= 11 is 0. The van der Waals surface area contributed by atoms with Gasteiger partial charge in [0.05, 0.1) is 25.0 Å². The number of aliphatic hydroxyl groups excluding tert-OH is 1. The van der Waals surface area contributed by atoms with Gasteiger partial charge < -0.3 is 10.0 Å². The first kappa shape index (κ1) is 12.6. The van der Waals surface area contributed by atoms with E-state index < -0.39 is 6.10 Å². The molecule has 1 N–H and O–H groups in total.